The van der Waals surface area contributed by atoms with Crippen molar-refractivity contribution < 1.29 is 0 Å². The minimum Gasteiger partial charge on any atom is -0.310 e. The van der Waals surface area contributed by atoms with Crippen LogP contribution in [-0.4, -0.2) is 0 Å². The van der Waals surface area contributed by atoms with E-state index < -0.39 is 0 Å². The maximum atomic E-state index is 10.4. The molecular formula is C51H34N2. The molecule has 53 heavy (non-hydrogen) atoms. The molecule has 0 unspecified atom stereocenters. The second-order valence-corrected chi connectivity index (χ2v) is 13.9. The van der Waals surface area contributed by atoms with Crippen LogP contribution in [-0.2, 0) is 0 Å². The molecule has 0 amide bonds. The summed E-state index contributed by atoms with van der Waals surface area (Å²) in [5.74, 6) is 0.132. The summed E-state index contributed by atoms with van der Waals surface area (Å²) in [5.41, 5.74) is 18.9. The monoisotopic (exact) mass is 674 g/mol. The summed E-state index contributed by atoms with van der Waals surface area (Å²) in [4.78, 5) is 2.35. The van der Waals surface area contributed by atoms with E-state index in [1.54, 1.807) is 0 Å². The van der Waals surface area contributed by atoms with Crippen LogP contribution in [0.2, 0.25) is 0 Å². The first kappa shape index (κ1) is 30.8. The zero-order chi connectivity index (χ0) is 35.3. The second kappa shape index (κ2) is 12.7. The fourth-order valence-electron chi connectivity index (χ4n) is 8.82. The first-order valence-electron chi connectivity index (χ1n) is 18.2. The van der Waals surface area contributed by atoms with Crippen molar-refractivity contribution in [2.75, 3.05) is 4.90 Å². The minimum atomic E-state index is 0.0499. The quantitative estimate of drug-likeness (QED) is 0.176. The van der Waals surface area contributed by atoms with Crippen LogP contribution < -0.4 is 4.90 Å². The van der Waals surface area contributed by atoms with Gasteiger partial charge in [0.1, 0.15) is 0 Å². The predicted molar refractivity (Wildman–Crippen MR) is 217 cm³/mol. The lowest BCUT2D eigenvalue weighted by Gasteiger charge is -2.43. The van der Waals surface area contributed by atoms with Crippen LogP contribution in [0.4, 0.5) is 17.1 Å². The van der Waals surface area contributed by atoms with Crippen molar-refractivity contribution >= 4 is 17.1 Å². The zero-order valence-electron chi connectivity index (χ0n) is 29.0. The maximum absolute atomic E-state index is 10.4. The van der Waals surface area contributed by atoms with Gasteiger partial charge in [0.25, 0.3) is 0 Å². The van der Waals surface area contributed by atoms with Gasteiger partial charge in [-0.3, -0.25) is 0 Å². The van der Waals surface area contributed by atoms with Gasteiger partial charge in [-0.05, 0) is 97.6 Å². The Kier molecular flexibility index (Phi) is 7.37. The Hall–Kier alpha value is -6.95. The van der Waals surface area contributed by atoms with Crippen LogP contribution >= 0.6 is 0 Å². The molecule has 248 valence electrons. The smallest absolute Gasteiger partial charge is 0.0994 e. The summed E-state index contributed by atoms with van der Waals surface area (Å²) in [6, 6.07) is 72.1. The fourth-order valence-corrected chi connectivity index (χ4v) is 8.82. The molecule has 0 aromatic heterocycles. The van der Waals surface area contributed by atoms with Gasteiger partial charge in [-0.15, -0.1) is 0 Å². The van der Waals surface area contributed by atoms with Crippen LogP contribution in [0.15, 0.2) is 194 Å². The van der Waals surface area contributed by atoms with Crippen LogP contribution in [0.1, 0.15) is 50.8 Å². The molecule has 8 aromatic rings. The topological polar surface area (TPSA) is 27.0 Å². The molecule has 0 N–H and O–H groups in total. The lowest BCUT2D eigenvalue weighted by atomic mass is 9.59. The molecule has 0 fully saturated rings. The highest BCUT2D eigenvalue weighted by Crippen LogP contribution is 2.58. The van der Waals surface area contributed by atoms with Crippen LogP contribution in [0.25, 0.3) is 33.4 Å². The zero-order valence-corrected chi connectivity index (χ0v) is 29.0. The number of rotatable bonds is 6. The fraction of sp³-hybridized carbons (Fsp3) is 0.0392. The van der Waals surface area contributed by atoms with Crippen LogP contribution in [0.5, 0.6) is 0 Å². The number of anilines is 3. The summed E-state index contributed by atoms with van der Waals surface area (Å²) >= 11 is 0. The SMILES string of the molecule is N#Cc1ccc(-c2ccc(-c3ccccc3N(c3ccccc3)c3ccc(-c4ccccc4)cc3)cc2)c2c1C1c3ccccc3C2c2ccccc21. The third kappa shape index (κ3) is 5.01. The van der Waals surface area contributed by atoms with Gasteiger partial charge in [0.05, 0.1) is 17.3 Å². The lowest BCUT2D eigenvalue weighted by molar-refractivity contribution is 0.753. The molecule has 2 nitrogen and oxygen atoms in total. The number of nitrogens with zero attached hydrogens (tertiary/aromatic N) is 2. The van der Waals surface area contributed by atoms with E-state index in [4.69, 9.17) is 0 Å². The Labute approximate surface area is 310 Å². The highest BCUT2D eigenvalue weighted by atomic mass is 15.1. The van der Waals surface area contributed by atoms with Gasteiger partial charge in [0, 0.05) is 28.8 Å². The Morgan fingerprint density at radius 2 is 0.811 bits per heavy atom. The van der Waals surface area contributed by atoms with Gasteiger partial charge >= 0.3 is 0 Å². The van der Waals surface area contributed by atoms with Gasteiger partial charge < -0.3 is 4.90 Å². The third-order valence-electron chi connectivity index (χ3n) is 11.1. The van der Waals surface area contributed by atoms with E-state index in [0.717, 1.165) is 39.3 Å². The van der Waals surface area contributed by atoms with Gasteiger partial charge in [-0.2, -0.15) is 5.26 Å². The summed E-state index contributed by atoms with van der Waals surface area (Å²) < 4.78 is 0. The maximum Gasteiger partial charge on any atom is 0.0994 e. The van der Waals surface area contributed by atoms with E-state index in [1.807, 2.05) is 6.07 Å². The Bertz CT molecular complexity index is 2620. The van der Waals surface area contributed by atoms with Gasteiger partial charge in [-0.25, -0.2) is 0 Å². The van der Waals surface area contributed by atoms with Crippen LogP contribution in [0.3, 0.4) is 0 Å². The molecule has 2 heteroatoms. The molecule has 3 aliphatic rings. The largest absolute Gasteiger partial charge is 0.310 e. The molecule has 0 atom stereocenters. The van der Waals surface area contributed by atoms with E-state index >= 15 is 0 Å². The predicted octanol–water partition coefficient (Wildman–Crippen LogP) is 13.0. The summed E-state index contributed by atoms with van der Waals surface area (Å²) in [5, 5.41) is 10.4. The van der Waals surface area contributed by atoms with Crippen molar-refractivity contribution in [3.63, 3.8) is 0 Å². The molecule has 3 aliphatic carbocycles. The van der Waals surface area contributed by atoms with Crippen LogP contribution in [0, 0.1) is 11.3 Å². The normalized spacial score (nSPS) is 14.8. The highest BCUT2D eigenvalue weighted by molar-refractivity contribution is 5.89. The molecule has 0 aliphatic heterocycles. The van der Waals surface area contributed by atoms with Gasteiger partial charge in [-0.1, -0.05) is 158 Å². The number of hydrogen-bond acceptors (Lipinski definition) is 2. The molecule has 0 radical (unpaired) electrons. The number of benzene rings is 8. The lowest BCUT2D eigenvalue weighted by Crippen LogP contribution is -2.29. The molecule has 0 saturated heterocycles. The first-order valence-corrected chi connectivity index (χ1v) is 18.2. The van der Waals surface area contributed by atoms with Crippen molar-refractivity contribution in [3.05, 3.63) is 233 Å². The molecule has 8 aromatic carbocycles. The Balaban J connectivity index is 1.07. The first-order chi connectivity index (χ1) is 26.3. The molecular weight excluding hydrogens is 641 g/mol. The van der Waals surface area contributed by atoms with E-state index in [2.05, 4.69) is 199 Å². The van der Waals surface area contributed by atoms with Gasteiger partial charge in [0.2, 0.25) is 0 Å². The van der Waals surface area contributed by atoms with E-state index in [9.17, 15) is 5.26 Å². The van der Waals surface area contributed by atoms with E-state index in [1.165, 1.54) is 50.1 Å². The number of para-hydroxylation sites is 2. The highest BCUT2D eigenvalue weighted by Gasteiger charge is 2.43. The number of hydrogen-bond donors (Lipinski definition) is 0. The summed E-state index contributed by atoms with van der Waals surface area (Å²) in [7, 11) is 0. The average molecular weight is 675 g/mol. The summed E-state index contributed by atoms with van der Waals surface area (Å²) in [6.07, 6.45) is 0. The Morgan fingerprint density at radius 3 is 1.42 bits per heavy atom. The molecule has 0 saturated carbocycles. The molecule has 2 bridgehead atoms. The minimum absolute atomic E-state index is 0.0499. The van der Waals surface area contributed by atoms with Crippen molar-refractivity contribution in [1.29, 1.82) is 5.26 Å². The van der Waals surface area contributed by atoms with Gasteiger partial charge in [0.15, 0.2) is 0 Å². The second-order valence-electron chi connectivity index (χ2n) is 13.9. The number of nitriles is 1. The molecule has 11 rings (SSSR count). The standard InChI is InChI=1S/C51H34N2/c52-33-38-29-32-42(51-48(38)49-43-18-7-9-20-45(43)50(51)46-21-10-8-19-44(46)49)37-25-23-36(24-26-37)41-17-11-12-22-47(41)53(39-15-5-2-6-16-39)40-30-27-35(28-31-40)34-13-3-1-4-14-34/h1-32,49-50H. The third-order valence-corrected chi connectivity index (χ3v) is 11.1. The van der Waals surface area contributed by atoms with Crippen molar-refractivity contribution in [2.45, 2.75) is 11.8 Å². The van der Waals surface area contributed by atoms with E-state index in [-0.39, 0.29) is 11.8 Å². The van der Waals surface area contributed by atoms with Crippen molar-refractivity contribution in [2.24, 2.45) is 0 Å². The van der Waals surface area contributed by atoms with Crippen molar-refractivity contribution in [3.8, 4) is 39.4 Å². The van der Waals surface area contributed by atoms with E-state index in [0.29, 0.717) is 0 Å². The summed E-state index contributed by atoms with van der Waals surface area (Å²) in [6.45, 7) is 0. The Morgan fingerprint density at radius 1 is 0.358 bits per heavy atom. The molecule has 0 heterocycles. The average Bonchev–Trinajstić information content (AvgIpc) is 3.24. The van der Waals surface area contributed by atoms with Crippen molar-refractivity contribution in [1.82, 2.24) is 0 Å². The molecule has 0 spiro atoms.